The number of rotatable bonds is 3. The van der Waals surface area contributed by atoms with Gasteiger partial charge in [0.1, 0.15) is 21.5 Å². The van der Waals surface area contributed by atoms with Crippen LogP contribution in [0.1, 0.15) is 29.1 Å². The van der Waals surface area contributed by atoms with E-state index in [4.69, 9.17) is 11.5 Å². The van der Waals surface area contributed by atoms with Crippen LogP contribution in [0.2, 0.25) is 0 Å². The van der Waals surface area contributed by atoms with E-state index in [-0.39, 0.29) is 10.6 Å². The highest BCUT2D eigenvalue weighted by Gasteiger charge is 2.26. The van der Waals surface area contributed by atoms with E-state index in [9.17, 15) is 10.1 Å². The Morgan fingerprint density at radius 3 is 2.40 bits per heavy atom. The van der Waals surface area contributed by atoms with Gasteiger partial charge in [-0.25, -0.2) is 0 Å². The van der Waals surface area contributed by atoms with Gasteiger partial charge in [0.2, 0.25) is 0 Å². The van der Waals surface area contributed by atoms with Crippen molar-refractivity contribution in [2.45, 2.75) is 19.9 Å². The SMILES string of the molecule is CC(C)N1CCN(c2sc(C(N)=O)c(N)c2C#N)CC1. The molecule has 1 fully saturated rings. The van der Waals surface area contributed by atoms with Crippen LogP contribution in [0.3, 0.4) is 0 Å². The number of hydrogen-bond donors (Lipinski definition) is 2. The van der Waals surface area contributed by atoms with Crippen molar-refractivity contribution in [2.24, 2.45) is 5.73 Å². The zero-order chi connectivity index (χ0) is 14.9. The lowest BCUT2D eigenvalue weighted by Gasteiger charge is -2.37. The van der Waals surface area contributed by atoms with Crippen molar-refractivity contribution >= 4 is 27.9 Å². The molecule has 108 valence electrons. The average molecular weight is 293 g/mol. The maximum absolute atomic E-state index is 11.3. The first-order valence-electron chi connectivity index (χ1n) is 6.56. The van der Waals surface area contributed by atoms with E-state index in [2.05, 4.69) is 29.7 Å². The second-order valence-corrected chi connectivity index (χ2v) is 6.12. The van der Waals surface area contributed by atoms with Gasteiger partial charge >= 0.3 is 0 Å². The maximum atomic E-state index is 11.3. The van der Waals surface area contributed by atoms with Crippen molar-refractivity contribution in [3.63, 3.8) is 0 Å². The number of carbonyl (C=O) groups excluding carboxylic acids is 1. The van der Waals surface area contributed by atoms with E-state index in [0.29, 0.717) is 11.6 Å². The Hall–Kier alpha value is -1.78. The minimum absolute atomic E-state index is 0.214. The number of hydrogen-bond acceptors (Lipinski definition) is 6. The number of primary amides is 1. The minimum Gasteiger partial charge on any atom is -0.396 e. The number of thiophene rings is 1. The second-order valence-electron chi connectivity index (χ2n) is 5.12. The summed E-state index contributed by atoms with van der Waals surface area (Å²) in [5.41, 5.74) is 11.7. The molecule has 1 aliphatic rings. The third-order valence-electron chi connectivity index (χ3n) is 3.59. The Morgan fingerprint density at radius 1 is 1.35 bits per heavy atom. The summed E-state index contributed by atoms with van der Waals surface area (Å²) >= 11 is 1.22. The van der Waals surface area contributed by atoms with E-state index < -0.39 is 5.91 Å². The van der Waals surface area contributed by atoms with Crippen LogP contribution >= 0.6 is 11.3 Å². The molecule has 20 heavy (non-hydrogen) atoms. The fourth-order valence-corrected chi connectivity index (χ4v) is 3.46. The van der Waals surface area contributed by atoms with Crippen molar-refractivity contribution in [1.82, 2.24) is 4.90 Å². The van der Waals surface area contributed by atoms with Crippen molar-refractivity contribution in [2.75, 3.05) is 36.8 Å². The van der Waals surface area contributed by atoms with Crippen LogP contribution in [0.25, 0.3) is 0 Å². The lowest BCUT2D eigenvalue weighted by molar-refractivity contribution is 0.100. The van der Waals surface area contributed by atoms with Gasteiger partial charge in [0.05, 0.1) is 5.69 Å². The Bertz CT molecular complexity index is 552. The van der Waals surface area contributed by atoms with Crippen LogP contribution < -0.4 is 16.4 Å². The standard InChI is InChI=1S/C13H19N5OS/c1-8(2)17-3-5-18(6-4-17)13-9(7-14)10(15)11(20-13)12(16)19/h8H,3-6,15H2,1-2H3,(H2,16,19). The number of carbonyl (C=O) groups is 1. The zero-order valence-corrected chi connectivity index (χ0v) is 12.5. The summed E-state index contributed by atoms with van der Waals surface area (Å²) < 4.78 is 0. The van der Waals surface area contributed by atoms with Crippen LogP contribution in [0.15, 0.2) is 0 Å². The van der Waals surface area contributed by atoms with Gasteiger partial charge in [0, 0.05) is 32.2 Å². The van der Waals surface area contributed by atoms with Crippen molar-refractivity contribution in [3.05, 3.63) is 10.4 Å². The molecule has 2 heterocycles. The predicted octanol–water partition coefficient (Wildman–Crippen LogP) is 0.831. The molecule has 0 radical (unpaired) electrons. The van der Waals surface area contributed by atoms with Gasteiger partial charge in [0.25, 0.3) is 5.91 Å². The van der Waals surface area contributed by atoms with Crippen molar-refractivity contribution < 1.29 is 4.79 Å². The largest absolute Gasteiger partial charge is 0.396 e. The van der Waals surface area contributed by atoms with Gasteiger partial charge < -0.3 is 16.4 Å². The molecule has 4 N–H and O–H groups in total. The van der Waals surface area contributed by atoms with Crippen molar-refractivity contribution in [3.8, 4) is 6.07 Å². The number of nitrogens with two attached hydrogens (primary N) is 2. The lowest BCUT2D eigenvalue weighted by atomic mass is 10.2. The lowest BCUT2D eigenvalue weighted by Crippen LogP contribution is -2.48. The van der Waals surface area contributed by atoms with Gasteiger partial charge in [-0.2, -0.15) is 5.26 Å². The Kier molecular flexibility index (Phi) is 4.16. The molecule has 0 bridgehead atoms. The maximum Gasteiger partial charge on any atom is 0.261 e. The molecule has 1 saturated heterocycles. The molecule has 0 saturated carbocycles. The molecule has 1 amide bonds. The number of anilines is 2. The number of nitrogens with zero attached hydrogens (tertiary/aromatic N) is 3. The van der Waals surface area contributed by atoms with Crippen LogP contribution in [0.5, 0.6) is 0 Å². The van der Waals surface area contributed by atoms with E-state index in [0.717, 1.165) is 31.2 Å². The molecule has 1 aromatic rings. The topological polar surface area (TPSA) is 99.4 Å². The predicted molar refractivity (Wildman–Crippen MR) is 80.9 cm³/mol. The second kappa shape index (κ2) is 5.69. The van der Waals surface area contributed by atoms with E-state index in [1.54, 1.807) is 0 Å². The highest BCUT2D eigenvalue weighted by molar-refractivity contribution is 7.19. The molecular weight excluding hydrogens is 274 g/mol. The van der Waals surface area contributed by atoms with Gasteiger partial charge in [0.15, 0.2) is 0 Å². The van der Waals surface area contributed by atoms with Crippen molar-refractivity contribution in [1.29, 1.82) is 5.26 Å². The fourth-order valence-electron chi connectivity index (χ4n) is 2.39. The molecule has 0 atom stereocenters. The van der Waals surface area contributed by atoms with Crippen LogP contribution in [-0.4, -0.2) is 43.0 Å². The first-order valence-corrected chi connectivity index (χ1v) is 7.38. The third kappa shape index (κ3) is 2.57. The molecular formula is C13H19N5OS. The van der Waals surface area contributed by atoms with E-state index in [1.165, 1.54) is 11.3 Å². The number of piperazine rings is 1. The quantitative estimate of drug-likeness (QED) is 0.860. The molecule has 1 aliphatic heterocycles. The summed E-state index contributed by atoms with van der Waals surface area (Å²) in [5, 5.41) is 10.0. The highest BCUT2D eigenvalue weighted by atomic mass is 32.1. The van der Waals surface area contributed by atoms with Gasteiger partial charge in [-0.3, -0.25) is 9.69 Å². The summed E-state index contributed by atoms with van der Waals surface area (Å²) in [6, 6.07) is 2.61. The first kappa shape index (κ1) is 14.6. The number of nitriles is 1. The summed E-state index contributed by atoms with van der Waals surface area (Å²) in [5.74, 6) is -0.573. The Balaban J connectivity index is 2.24. The van der Waals surface area contributed by atoms with Crippen LogP contribution in [0, 0.1) is 11.3 Å². The minimum atomic E-state index is -0.573. The zero-order valence-electron chi connectivity index (χ0n) is 11.7. The van der Waals surface area contributed by atoms with Gasteiger partial charge in [-0.05, 0) is 13.8 Å². The summed E-state index contributed by atoms with van der Waals surface area (Å²) in [4.78, 5) is 16.1. The molecule has 0 unspecified atom stereocenters. The fraction of sp³-hybridized carbons (Fsp3) is 0.538. The summed E-state index contributed by atoms with van der Waals surface area (Å²) in [6.07, 6.45) is 0. The summed E-state index contributed by atoms with van der Waals surface area (Å²) in [7, 11) is 0. The number of amides is 1. The van der Waals surface area contributed by atoms with E-state index >= 15 is 0 Å². The smallest absolute Gasteiger partial charge is 0.261 e. The molecule has 7 heteroatoms. The molecule has 0 aromatic carbocycles. The van der Waals surface area contributed by atoms with Crippen LogP contribution in [0.4, 0.5) is 10.7 Å². The highest BCUT2D eigenvalue weighted by Crippen LogP contribution is 2.37. The van der Waals surface area contributed by atoms with E-state index in [1.807, 2.05) is 0 Å². The number of nitrogen functional groups attached to an aromatic ring is 1. The molecule has 0 spiro atoms. The Labute approximate surface area is 122 Å². The first-order chi connectivity index (χ1) is 9.45. The molecule has 2 rings (SSSR count). The monoisotopic (exact) mass is 293 g/mol. The average Bonchev–Trinajstić information content (AvgIpc) is 2.75. The Morgan fingerprint density at radius 2 is 1.95 bits per heavy atom. The third-order valence-corrected chi connectivity index (χ3v) is 4.87. The van der Waals surface area contributed by atoms with Gasteiger partial charge in [-0.1, -0.05) is 0 Å². The molecule has 6 nitrogen and oxygen atoms in total. The molecule has 1 aromatic heterocycles. The summed E-state index contributed by atoms with van der Waals surface area (Å²) in [6.45, 7) is 7.86. The van der Waals surface area contributed by atoms with Gasteiger partial charge in [-0.15, -0.1) is 11.3 Å². The normalized spacial score (nSPS) is 16.4. The van der Waals surface area contributed by atoms with Crippen LogP contribution in [-0.2, 0) is 0 Å². The molecule has 0 aliphatic carbocycles.